The van der Waals surface area contributed by atoms with Gasteiger partial charge < -0.3 is 15.0 Å². The Morgan fingerprint density at radius 2 is 1.84 bits per heavy atom. The van der Waals surface area contributed by atoms with Crippen LogP contribution in [0.15, 0.2) is 30.3 Å². The van der Waals surface area contributed by atoms with Gasteiger partial charge in [0.05, 0.1) is 19.8 Å². The molecule has 1 aromatic carbocycles. The van der Waals surface area contributed by atoms with E-state index in [4.69, 9.17) is 14.7 Å². The van der Waals surface area contributed by atoms with Crippen LogP contribution in [0.5, 0.6) is 0 Å². The fraction of sp³-hybridized carbons (Fsp3) is 0.522. The summed E-state index contributed by atoms with van der Waals surface area (Å²) >= 11 is 0. The van der Waals surface area contributed by atoms with Crippen LogP contribution in [-0.2, 0) is 23.2 Å². The fourth-order valence-electron chi connectivity index (χ4n) is 3.73. The monoisotopic (exact) mass is 424 g/mol. The quantitative estimate of drug-likeness (QED) is 0.592. The Kier molecular flexibility index (Phi) is 6.11. The van der Waals surface area contributed by atoms with Crippen molar-refractivity contribution in [3.05, 3.63) is 47.2 Å². The number of hydrogen-bond donors (Lipinski definition) is 2. The molecule has 0 amide bonds. The van der Waals surface area contributed by atoms with E-state index in [1.54, 1.807) is 0 Å². The number of aromatic amines is 1. The molecule has 3 heterocycles. The molecule has 0 atom stereocenters. The van der Waals surface area contributed by atoms with Gasteiger partial charge in [-0.05, 0) is 16.5 Å². The number of anilines is 2. The molecular formula is C23H34N7O+. The molecular weight excluding hydrogens is 390 g/mol. The number of nitrogens with one attached hydrogen (secondary N) is 2. The lowest BCUT2D eigenvalue weighted by Crippen LogP contribution is -2.37. The predicted octanol–water partition coefficient (Wildman–Crippen LogP) is 2.35. The number of morpholine rings is 1. The molecule has 1 aliphatic heterocycles. The average Bonchev–Trinajstić information content (AvgIpc) is 3.15. The minimum Gasteiger partial charge on any atom is -0.379 e. The van der Waals surface area contributed by atoms with Crippen molar-refractivity contribution < 1.29 is 9.25 Å². The van der Waals surface area contributed by atoms with Crippen molar-refractivity contribution in [3.8, 4) is 0 Å². The van der Waals surface area contributed by atoms with Crippen molar-refractivity contribution in [1.29, 1.82) is 0 Å². The number of aromatic nitrogens is 4. The van der Waals surface area contributed by atoms with Crippen LogP contribution in [-0.4, -0.2) is 60.4 Å². The summed E-state index contributed by atoms with van der Waals surface area (Å²) in [6.45, 7) is 11.6. The van der Waals surface area contributed by atoms with Crippen LogP contribution >= 0.6 is 0 Å². The van der Waals surface area contributed by atoms with E-state index in [2.05, 4.69) is 71.3 Å². The Morgan fingerprint density at radius 3 is 2.48 bits per heavy atom. The topological polar surface area (TPSA) is 73.4 Å². The summed E-state index contributed by atoms with van der Waals surface area (Å²) in [5.74, 6) is 2.39. The molecule has 0 saturated carbocycles. The number of fused-ring (bicyclic) bond motifs is 1. The van der Waals surface area contributed by atoms with Crippen LogP contribution < -0.4 is 14.7 Å². The van der Waals surface area contributed by atoms with E-state index in [0.717, 1.165) is 44.4 Å². The molecule has 166 valence electrons. The van der Waals surface area contributed by atoms with E-state index in [1.807, 2.05) is 18.6 Å². The lowest BCUT2D eigenvalue weighted by atomic mass is 9.87. The molecule has 0 aliphatic carbocycles. The second-order valence-corrected chi connectivity index (χ2v) is 9.40. The van der Waals surface area contributed by atoms with Crippen LogP contribution in [0.25, 0.3) is 5.78 Å². The van der Waals surface area contributed by atoms with Crippen LogP contribution in [0.4, 0.5) is 11.8 Å². The highest BCUT2D eigenvalue weighted by Crippen LogP contribution is 2.22. The lowest BCUT2D eigenvalue weighted by Gasteiger charge is -2.25. The van der Waals surface area contributed by atoms with Crippen molar-refractivity contribution in [2.24, 2.45) is 0 Å². The maximum Gasteiger partial charge on any atom is 0.410 e. The van der Waals surface area contributed by atoms with E-state index in [-0.39, 0.29) is 5.41 Å². The highest BCUT2D eigenvalue weighted by Gasteiger charge is 2.21. The van der Waals surface area contributed by atoms with E-state index in [1.165, 1.54) is 11.1 Å². The Bertz CT molecular complexity index is 1010. The largest absolute Gasteiger partial charge is 0.410 e. The molecule has 31 heavy (non-hydrogen) atoms. The van der Waals surface area contributed by atoms with Gasteiger partial charge in [0.2, 0.25) is 5.82 Å². The van der Waals surface area contributed by atoms with Gasteiger partial charge in [0.15, 0.2) is 0 Å². The number of H-pyrrole nitrogens is 1. The van der Waals surface area contributed by atoms with Crippen molar-refractivity contribution in [1.82, 2.24) is 20.0 Å². The molecule has 4 rings (SSSR count). The minimum atomic E-state index is 0.161. The number of ether oxygens (including phenoxy) is 1. The third-order valence-corrected chi connectivity index (χ3v) is 5.63. The molecule has 2 aromatic heterocycles. The Balaban J connectivity index is 1.51. The molecule has 2 N–H and O–H groups in total. The minimum absolute atomic E-state index is 0.161. The standard InChI is InChI=1S/C23H33N7O/c1-23(2,3)18-8-6-17(7-9-18)15-24-21-26-22-25-19(16-29-10-12-31-13-11-29)14-20(28(4)5)30(22)27-21/h6-9,14H,10-13,15-16H2,1-5H3,(H,24,27)/p+1. The number of hydrogen-bond acceptors (Lipinski definition) is 6. The molecule has 3 aromatic rings. The summed E-state index contributed by atoms with van der Waals surface area (Å²) in [7, 11) is 4.07. The fourth-order valence-corrected chi connectivity index (χ4v) is 3.73. The van der Waals surface area contributed by atoms with Crippen molar-refractivity contribution in [3.63, 3.8) is 0 Å². The summed E-state index contributed by atoms with van der Waals surface area (Å²) in [5, 5.41) is 6.74. The van der Waals surface area contributed by atoms with Crippen molar-refractivity contribution >= 4 is 17.5 Å². The van der Waals surface area contributed by atoms with Gasteiger partial charge in [-0.25, -0.2) is 5.10 Å². The molecule has 1 fully saturated rings. The molecule has 8 heteroatoms. The zero-order valence-corrected chi connectivity index (χ0v) is 19.3. The van der Waals surface area contributed by atoms with Crippen molar-refractivity contribution in [2.45, 2.75) is 39.3 Å². The molecule has 8 nitrogen and oxygen atoms in total. The van der Waals surface area contributed by atoms with Gasteiger partial charge in [-0.3, -0.25) is 4.90 Å². The van der Waals surface area contributed by atoms with Crippen LogP contribution in [0.2, 0.25) is 0 Å². The van der Waals surface area contributed by atoms with Gasteiger partial charge >= 0.3 is 5.78 Å². The van der Waals surface area contributed by atoms with Gasteiger partial charge in [0, 0.05) is 39.8 Å². The number of rotatable bonds is 6. The van der Waals surface area contributed by atoms with E-state index < -0.39 is 0 Å². The first kappa shape index (κ1) is 21.5. The first-order valence-corrected chi connectivity index (χ1v) is 10.9. The summed E-state index contributed by atoms with van der Waals surface area (Å²) in [6, 6.07) is 10.9. The maximum absolute atomic E-state index is 5.46. The second kappa shape index (κ2) is 8.80. The molecule has 0 bridgehead atoms. The van der Waals surface area contributed by atoms with Gasteiger partial charge in [-0.1, -0.05) is 50.0 Å². The lowest BCUT2D eigenvalue weighted by molar-refractivity contribution is -0.565. The Labute approximate surface area is 184 Å². The highest BCUT2D eigenvalue weighted by atomic mass is 16.5. The van der Waals surface area contributed by atoms with E-state index in [9.17, 15) is 0 Å². The molecule has 0 radical (unpaired) electrons. The van der Waals surface area contributed by atoms with Crippen LogP contribution in [0, 0.1) is 0 Å². The zero-order chi connectivity index (χ0) is 22.0. The number of benzene rings is 1. The smallest absolute Gasteiger partial charge is 0.379 e. The number of nitrogens with zero attached hydrogens (tertiary/aromatic N) is 5. The maximum atomic E-state index is 5.46. The van der Waals surface area contributed by atoms with Crippen LogP contribution in [0.1, 0.15) is 37.6 Å². The highest BCUT2D eigenvalue weighted by molar-refractivity contribution is 5.40. The zero-order valence-electron chi connectivity index (χ0n) is 19.3. The predicted molar refractivity (Wildman–Crippen MR) is 122 cm³/mol. The normalized spacial score (nSPS) is 15.4. The van der Waals surface area contributed by atoms with Crippen molar-refractivity contribution in [2.75, 3.05) is 50.6 Å². The first-order chi connectivity index (χ1) is 14.8. The molecule has 1 aliphatic rings. The van der Waals surface area contributed by atoms with Gasteiger partial charge in [-0.2, -0.15) is 0 Å². The second-order valence-electron chi connectivity index (χ2n) is 9.40. The Morgan fingerprint density at radius 1 is 1.13 bits per heavy atom. The summed E-state index contributed by atoms with van der Waals surface area (Å²) in [4.78, 5) is 13.9. The first-order valence-electron chi connectivity index (χ1n) is 10.9. The van der Waals surface area contributed by atoms with Gasteiger partial charge in [0.1, 0.15) is 5.69 Å². The molecule has 1 saturated heterocycles. The summed E-state index contributed by atoms with van der Waals surface area (Å²) in [6.07, 6.45) is 0. The van der Waals surface area contributed by atoms with E-state index >= 15 is 0 Å². The summed E-state index contributed by atoms with van der Waals surface area (Å²) < 4.78 is 7.38. The molecule has 0 unspecified atom stereocenters. The molecule has 0 spiro atoms. The third kappa shape index (κ3) is 5.14. The average molecular weight is 425 g/mol. The summed E-state index contributed by atoms with van der Waals surface area (Å²) in [5.41, 5.74) is 3.73. The SMILES string of the molecule is CN(C)c1cc(CN2CCOCC2)nc2nc(NCc3ccc(C(C)(C)C)cc3)[nH][n+]12. The van der Waals surface area contributed by atoms with Gasteiger partial charge in [-0.15, -0.1) is 9.50 Å². The van der Waals surface area contributed by atoms with Crippen LogP contribution in [0.3, 0.4) is 0 Å². The van der Waals surface area contributed by atoms with E-state index in [0.29, 0.717) is 18.3 Å². The van der Waals surface area contributed by atoms with Gasteiger partial charge in [0.25, 0.3) is 5.95 Å². The third-order valence-electron chi connectivity index (χ3n) is 5.63. The Hall–Kier alpha value is -2.71.